The second-order valence-corrected chi connectivity index (χ2v) is 8.29. The molecule has 10 nitrogen and oxygen atoms in total. The number of likely N-dealkylation sites (N-methyl/N-ethyl adjacent to an activating group) is 1. The Kier molecular flexibility index (Phi) is 8.07. The molecule has 3 rings (SSSR count). The van der Waals surface area contributed by atoms with Crippen molar-refractivity contribution in [2.45, 2.75) is 39.7 Å². The van der Waals surface area contributed by atoms with Crippen LogP contribution in [0.4, 0.5) is 5.69 Å². The van der Waals surface area contributed by atoms with Crippen molar-refractivity contribution in [1.29, 1.82) is 0 Å². The number of aromatic nitrogens is 5. The third-order valence-corrected chi connectivity index (χ3v) is 4.88. The first-order valence-electron chi connectivity index (χ1n) is 11.0. The van der Waals surface area contributed by atoms with Gasteiger partial charge in [0.05, 0.1) is 12.2 Å². The Morgan fingerprint density at radius 1 is 1.24 bits per heavy atom. The zero-order valence-electron chi connectivity index (χ0n) is 19.8. The van der Waals surface area contributed by atoms with Gasteiger partial charge in [-0.05, 0) is 51.0 Å². The van der Waals surface area contributed by atoms with Gasteiger partial charge in [-0.2, -0.15) is 0 Å². The van der Waals surface area contributed by atoms with Crippen LogP contribution < -0.4 is 10.9 Å². The number of imidazole rings is 1. The smallest absolute Gasteiger partial charge is 0.274 e. The molecular weight excluding hydrogens is 434 g/mol. The molecule has 3 aromatic heterocycles. The number of carbonyl (C=O) groups is 2. The summed E-state index contributed by atoms with van der Waals surface area (Å²) >= 11 is 0. The highest BCUT2D eigenvalue weighted by Gasteiger charge is 2.12. The van der Waals surface area contributed by atoms with E-state index >= 15 is 0 Å². The van der Waals surface area contributed by atoms with Crippen LogP contribution in [0.1, 0.15) is 44.6 Å². The van der Waals surface area contributed by atoms with Crippen LogP contribution in [0.25, 0.3) is 17.2 Å². The number of rotatable bonds is 9. The molecule has 0 fully saturated rings. The van der Waals surface area contributed by atoms with Crippen LogP contribution in [-0.4, -0.2) is 55.3 Å². The molecule has 2 N–H and O–H groups in total. The summed E-state index contributed by atoms with van der Waals surface area (Å²) in [5.74, 6) is 0.204. The molecule has 0 radical (unpaired) electrons. The molecule has 0 atom stereocenters. The number of anilines is 1. The molecule has 10 heteroatoms. The Morgan fingerprint density at radius 2 is 2.03 bits per heavy atom. The molecule has 178 valence electrons. The minimum atomic E-state index is -0.330. The number of hydrogen-bond donors (Lipinski definition) is 2. The number of unbranched alkanes of at least 4 members (excludes halogenated alkanes) is 1. The van der Waals surface area contributed by atoms with Crippen LogP contribution in [0, 0.1) is 0 Å². The summed E-state index contributed by atoms with van der Waals surface area (Å²) in [6.07, 6.45) is 9.66. The monoisotopic (exact) mass is 463 g/mol. The molecule has 0 aliphatic heterocycles. The van der Waals surface area contributed by atoms with Gasteiger partial charge in [-0.3, -0.25) is 14.4 Å². The number of hydrogen-bond acceptors (Lipinski definition) is 6. The van der Waals surface area contributed by atoms with Gasteiger partial charge in [-0.15, -0.1) is 0 Å². The maximum Gasteiger partial charge on any atom is 0.274 e. The third kappa shape index (κ3) is 6.47. The number of nitrogens with one attached hydrogen (secondary N) is 2. The third-order valence-electron chi connectivity index (χ3n) is 4.88. The second kappa shape index (κ2) is 11.2. The molecule has 0 aliphatic rings. The number of amides is 2. The first-order valence-corrected chi connectivity index (χ1v) is 11.0. The van der Waals surface area contributed by atoms with Gasteiger partial charge in [-0.25, -0.2) is 15.0 Å². The Hall–Kier alpha value is -4.08. The number of fused-ring (bicyclic) bond motifs is 1. The zero-order valence-corrected chi connectivity index (χ0v) is 19.8. The first-order chi connectivity index (χ1) is 16.2. The van der Waals surface area contributed by atoms with E-state index < -0.39 is 0 Å². The van der Waals surface area contributed by atoms with Gasteiger partial charge in [0.2, 0.25) is 11.8 Å². The minimum absolute atomic E-state index is 0.0982. The first kappa shape index (κ1) is 24.6. The fraction of sp³-hybridized carbons (Fsp3) is 0.333. The van der Waals surface area contributed by atoms with E-state index in [4.69, 9.17) is 0 Å². The highest BCUT2D eigenvalue weighted by molar-refractivity contribution is 5.90. The minimum Gasteiger partial charge on any atom is -0.345 e. The van der Waals surface area contributed by atoms with Gasteiger partial charge in [0, 0.05) is 26.7 Å². The van der Waals surface area contributed by atoms with E-state index in [0.717, 1.165) is 5.57 Å². The van der Waals surface area contributed by atoms with Gasteiger partial charge in [0.15, 0.2) is 5.65 Å². The molecule has 0 saturated carbocycles. The van der Waals surface area contributed by atoms with E-state index in [1.165, 1.54) is 21.9 Å². The molecule has 0 bridgehead atoms. The normalized spacial score (nSPS) is 11.1. The van der Waals surface area contributed by atoms with Crippen LogP contribution in [-0.2, 0) is 16.1 Å². The van der Waals surface area contributed by atoms with Crippen LogP contribution in [0.15, 0.2) is 47.2 Å². The standard InChI is InChI=1S/C24H29N7O3/c1-16(2)13-18-22-23(26-15-25-18)29-19(28-22)14-31-12-8-9-17(24(31)34)27-20(32)10-6-5-7-11-21(33)30(3)4/h7-9,11-13,15H,5-6,10,14H2,1-4H3,(H,27,32)(H,25,26,28,29)/b11-7+. The highest BCUT2D eigenvalue weighted by atomic mass is 16.2. The highest BCUT2D eigenvalue weighted by Crippen LogP contribution is 2.15. The molecule has 0 aromatic carbocycles. The molecular formula is C24H29N7O3. The summed E-state index contributed by atoms with van der Waals surface area (Å²) in [7, 11) is 3.36. The lowest BCUT2D eigenvalue weighted by atomic mass is 10.2. The van der Waals surface area contributed by atoms with Crippen LogP contribution >= 0.6 is 0 Å². The summed E-state index contributed by atoms with van der Waals surface area (Å²) in [5, 5.41) is 2.68. The predicted molar refractivity (Wildman–Crippen MR) is 131 cm³/mol. The Morgan fingerprint density at radius 3 is 2.76 bits per heavy atom. The van der Waals surface area contributed by atoms with Crippen molar-refractivity contribution in [1.82, 2.24) is 29.4 Å². The molecule has 34 heavy (non-hydrogen) atoms. The number of pyridine rings is 1. The lowest BCUT2D eigenvalue weighted by Gasteiger charge is -2.08. The lowest BCUT2D eigenvalue weighted by molar-refractivity contribution is -0.123. The van der Waals surface area contributed by atoms with E-state index in [2.05, 4.69) is 25.3 Å². The SMILES string of the molecule is CC(C)=Cc1ncnc2[nH]c(Cn3cccc(NC(=O)CCC/C=C/C(=O)N(C)C)c3=O)nc12. The molecule has 0 spiro atoms. The molecule has 0 unspecified atom stereocenters. The second-order valence-electron chi connectivity index (χ2n) is 8.29. The quantitative estimate of drug-likeness (QED) is 0.371. The van der Waals surface area contributed by atoms with Gasteiger partial charge in [0.25, 0.3) is 5.56 Å². The van der Waals surface area contributed by atoms with Crippen molar-refractivity contribution in [2.75, 3.05) is 19.4 Å². The zero-order chi connectivity index (χ0) is 24.7. The maximum absolute atomic E-state index is 12.9. The van der Waals surface area contributed by atoms with Gasteiger partial charge in [-0.1, -0.05) is 11.6 Å². The van der Waals surface area contributed by atoms with Gasteiger partial charge in [0.1, 0.15) is 23.4 Å². The summed E-state index contributed by atoms with van der Waals surface area (Å²) in [5.41, 5.74) is 2.90. The van der Waals surface area contributed by atoms with Crippen LogP contribution in [0.3, 0.4) is 0 Å². The van der Waals surface area contributed by atoms with E-state index in [1.807, 2.05) is 19.9 Å². The molecule has 3 aromatic rings. The van der Waals surface area contributed by atoms with Crippen molar-refractivity contribution >= 4 is 34.7 Å². The number of aromatic amines is 1. The Bertz CT molecular complexity index is 1300. The predicted octanol–water partition coefficient (Wildman–Crippen LogP) is 2.74. The van der Waals surface area contributed by atoms with Crippen molar-refractivity contribution < 1.29 is 9.59 Å². The maximum atomic E-state index is 12.9. The fourth-order valence-corrected chi connectivity index (χ4v) is 3.19. The summed E-state index contributed by atoms with van der Waals surface area (Å²) in [6, 6.07) is 3.27. The number of nitrogens with zero attached hydrogens (tertiary/aromatic N) is 5. The average Bonchev–Trinajstić information content (AvgIpc) is 3.19. The molecule has 2 amide bonds. The van der Waals surface area contributed by atoms with E-state index in [1.54, 1.807) is 38.5 Å². The van der Waals surface area contributed by atoms with Crippen LogP contribution in [0.5, 0.6) is 0 Å². The van der Waals surface area contributed by atoms with Crippen molar-refractivity contribution in [3.63, 3.8) is 0 Å². The number of allylic oxidation sites excluding steroid dienone is 2. The Labute approximate surface area is 197 Å². The summed E-state index contributed by atoms with van der Waals surface area (Å²) in [4.78, 5) is 54.3. The van der Waals surface area contributed by atoms with Crippen molar-refractivity contribution in [2.24, 2.45) is 0 Å². The molecule has 0 saturated heterocycles. The summed E-state index contributed by atoms with van der Waals surface area (Å²) in [6.45, 7) is 4.14. The molecule has 3 heterocycles. The number of H-pyrrole nitrogens is 1. The van der Waals surface area contributed by atoms with Gasteiger partial charge < -0.3 is 19.8 Å². The van der Waals surface area contributed by atoms with E-state index in [-0.39, 0.29) is 36.0 Å². The van der Waals surface area contributed by atoms with E-state index in [9.17, 15) is 14.4 Å². The summed E-state index contributed by atoms with van der Waals surface area (Å²) < 4.78 is 1.47. The molecule has 0 aliphatic carbocycles. The topological polar surface area (TPSA) is 126 Å². The van der Waals surface area contributed by atoms with Crippen molar-refractivity contribution in [3.8, 4) is 0 Å². The fourth-order valence-electron chi connectivity index (χ4n) is 3.19. The Balaban J connectivity index is 1.65. The average molecular weight is 464 g/mol. The van der Waals surface area contributed by atoms with Gasteiger partial charge >= 0.3 is 0 Å². The largest absolute Gasteiger partial charge is 0.345 e. The number of carbonyl (C=O) groups excluding carboxylic acids is 2. The van der Waals surface area contributed by atoms with Crippen LogP contribution in [0.2, 0.25) is 0 Å². The van der Waals surface area contributed by atoms with Crippen molar-refractivity contribution in [3.05, 3.63) is 64.3 Å². The van der Waals surface area contributed by atoms with E-state index in [0.29, 0.717) is 35.5 Å². The lowest BCUT2D eigenvalue weighted by Crippen LogP contribution is -2.26.